The number of rotatable bonds is 2. The molecule has 48 valence electrons. The summed E-state index contributed by atoms with van der Waals surface area (Å²) >= 11 is 0. The Morgan fingerprint density at radius 2 is 2.12 bits per heavy atom. The summed E-state index contributed by atoms with van der Waals surface area (Å²) in [5, 5.41) is 2.18. The van der Waals surface area contributed by atoms with Crippen LogP contribution < -0.4 is 5.43 Å². The largest absolute Gasteiger partial charge is 0.258 e. The Hall–Kier alpha value is -0.0800. The second-order valence-corrected chi connectivity index (χ2v) is 2.42. The van der Waals surface area contributed by atoms with Crippen LogP contribution >= 0.6 is 0 Å². The van der Waals surface area contributed by atoms with E-state index in [-0.39, 0.29) is 0 Å². The minimum absolute atomic E-state index is 0.819. The van der Waals surface area contributed by atoms with Gasteiger partial charge in [0.15, 0.2) is 0 Å². The summed E-state index contributed by atoms with van der Waals surface area (Å²) < 4.78 is 0. The summed E-state index contributed by atoms with van der Waals surface area (Å²) in [6, 6.07) is 0.819. The second-order valence-electron chi connectivity index (χ2n) is 2.42. The predicted octanol–water partition coefficient (Wildman–Crippen LogP) is 0.605. The van der Waals surface area contributed by atoms with Crippen LogP contribution in [0.4, 0.5) is 0 Å². The van der Waals surface area contributed by atoms with Crippen LogP contribution in [0, 0.1) is 0 Å². The fraction of sp³-hybridized carbons (Fsp3) is 1.00. The maximum Gasteiger partial charge on any atom is 0.0240 e. The molecule has 1 saturated carbocycles. The van der Waals surface area contributed by atoms with E-state index in [1.165, 1.54) is 19.3 Å². The van der Waals surface area contributed by atoms with Gasteiger partial charge in [-0.2, -0.15) is 0 Å². The molecule has 2 nitrogen and oxygen atoms in total. The molecule has 0 atom stereocenters. The fourth-order valence-electron chi connectivity index (χ4n) is 0.957. The van der Waals surface area contributed by atoms with E-state index in [2.05, 4.69) is 17.5 Å². The van der Waals surface area contributed by atoms with E-state index in [0.29, 0.717) is 0 Å². The lowest BCUT2D eigenvalue weighted by Gasteiger charge is -2.33. The number of nitrogens with one attached hydrogen (secondary N) is 1. The zero-order valence-corrected chi connectivity index (χ0v) is 5.65. The molecule has 0 amide bonds. The van der Waals surface area contributed by atoms with Crippen molar-refractivity contribution in [1.82, 2.24) is 10.4 Å². The van der Waals surface area contributed by atoms with Gasteiger partial charge < -0.3 is 0 Å². The Morgan fingerprint density at radius 1 is 1.50 bits per heavy atom. The van der Waals surface area contributed by atoms with Crippen LogP contribution in [0.3, 0.4) is 0 Å². The third kappa shape index (κ3) is 1.01. The first kappa shape index (κ1) is 6.05. The summed E-state index contributed by atoms with van der Waals surface area (Å²) in [5.74, 6) is 0. The van der Waals surface area contributed by atoms with E-state index in [1.807, 2.05) is 7.05 Å². The molecule has 1 fully saturated rings. The molecule has 1 rings (SSSR count). The van der Waals surface area contributed by atoms with Crippen LogP contribution in [0.25, 0.3) is 0 Å². The Labute approximate surface area is 50.8 Å². The molecule has 0 aromatic carbocycles. The zero-order chi connectivity index (χ0) is 5.98. The molecule has 0 aromatic heterocycles. The normalized spacial score (nSPS) is 21.4. The number of hydrogen-bond donors (Lipinski definition) is 1. The van der Waals surface area contributed by atoms with Crippen molar-refractivity contribution in [3.63, 3.8) is 0 Å². The highest BCUT2D eigenvalue weighted by Gasteiger charge is 2.20. The number of hydrogen-bond acceptors (Lipinski definition) is 2. The van der Waals surface area contributed by atoms with Crippen molar-refractivity contribution >= 4 is 0 Å². The molecule has 2 heteroatoms. The predicted molar refractivity (Wildman–Crippen MR) is 34.5 cm³/mol. The van der Waals surface area contributed by atoms with E-state index < -0.39 is 0 Å². The van der Waals surface area contributed by atoms with Crippen molar-refractivity contribution in [2.75, 3.05) is 14.1 Å². The van der Waals surface area contributed by atoms with Crippen LogP contribution in [0.1, 0.15) is 19.3 Å². The first-order valence-electron chi connectivity index (χ1n) is 3.25. The van der Waals surface area contributed by atoms with Crippen LogP contribution in [-0.4, -0.2) is 25.1 Å². The molecule has 0 aliphatic heterocycles. The van der Waals surface area contributed by atoms with Gasteiger partial charge in [-0.3, -0.25) is 5.43 Å². The highest BCUT2D eigenvalue weighted by molar-refractivity contribution is 4.74. The van der Waals surface area contributed by atoms with Crippen LogP contribution in [0.5, 0.6) is 0 Å². The van der Waals surface area contributed by atoms with Gasteiger partial charge in [0.25, 0.3) is 0 Å². The second kappa shape index (κ2) is 2.46. The SMILES string of the molecule is CNN(C)C1CCC1. The number of hydrazine groups is 1. The summed E-state index contributed by atoms with van der Waals surface area (Å²) in [4.78, 5) is 0. The smallest absolute Gasteiger partial charge is 0.0240 e. The Balaban J connectivity index is 2.13. The van der Waals surface area contributed by atoms with Crippen molar-refractivity contribution < 1.29 is 0 Å². The maximum absolute atomic E-state index is 3.10. The first-order chi connectivity index (χ1) is 3.84. The van der Waals surface area contributed by atoms with Crippen molar-refractivity contribution in [1.29, 1.82) is 0 Å². The monoisotopic (exact) mass is 114 g/mol. The quantitative estimate of drug-likeness (QED) is 0.529. The van der Waals surface area contributed by atoms with E-state index in [1.54, 1.807) is 0 Å². The topological polar surface area (TPSA) is 15.3 Å². The van der Waals surface area contributed by atoms with Crippen LogP contribution in [0.15, 0.2) is 0 Å². The maximum atomic E-state index is 3.10. The Morgan fingerprint density at radius 3 is 2.25 bits per heavy atom. The Kier molecular flexibility index (Phi) is 1.86. The molecular formula is C6H14N2. The first-order valence-corrected chi connectivity index (χ1v) is 3.25. The van der Waals surface area contributed by atoms with E-state index in [9.17, 15) is 0 Å². The third-order valence-electron chi connectivity index (χ3n) is 1.98. The van der Waals surface area contributed by atoms with E-state index in [0.717, 1.165) is 6.04 Å². The van der Waals surface area contributed by atoms with Gasteiger partial charge >= 0.3 is 0 Å². The summed E-state index contributed by atoms with van der Waals surface area (Å²) in [5.41, 5.74) is 3.10. The lowest BCUT2D eigenvalue weighted by Crippen LogP contribution is -2.44. The molecule has 0 unspecified atom stereocenters. The molecule has 1 aliphatic rings. The average molecular weight is 114 g/mol. The molecule has 0 radical (unpaired) electrons. The van der Waals surface area contributed by atoms with E-state index in [4.69, 9.17) is 0 Å². The zero-order valence-electron chi connectivity index (χ0n) is 5.65. The van der Waals surface area contributed by atoms with Gasteiger partial charge in [0.2, 0.25) is 0 Å². The lowest BCUT2D eigenvalue weighted by molar-refractivity contribution is 0.114. The highest BCUT2D eigenvalue weighted by atomic mass is 15.5. The highest BCUT2D eigenvalue weighted by Crippen LogP contribution is 2.21. The standard InChI is InChI=1S/C6H14N2/c1-7-8(2)6-4-3-5-6/h6-7H,3-5H2,1-2H3. The van der Waals surface area contributed by atoms with Crippen molar-refractivity contribution in [3.05, 3.63) is 0 Å². The van der Waals surface area contributed by atoms with Gasteiger partial charge in [0.1, 0.15) is 0 Å². The molecule has 1 N–H and O–H groups in total. The minimum atomic E-state index is 0.819. The van der Waals surface area contributed by atoms with Gasteiger partial charge in [-0.05, 0) is 19.9 Å². The van der Waals surface area contributed by atoms with Gasteiger partial charge in [-0.1, -0.05) is 6.42 Å². The molecule has 0 heterocycles. The molecule has 0 aromatic rings. The van der Waals surface area contributed by atoms with Gasteiger partial charge in [0.05, 0.1) is 0 Å². The van der Waals surface area contributed by atoms with Crippen molar-refractivity contribution in [2.45, 2.75) is 25.3 Å². The fourth-order valence-corrected chi connectivity index (χ4v) is 0.957. The average Bonchev–Trinajstić information content (AvgIpc) is 1.62. The van der Waals surface area contributed by atoms with Crippen molar-refractivity contribution in [2.24, 2.45) is 0 Å². The van der Waals surface area contributed by atoms with Crippen LogP contribution in [0.2, 0.25) is 0 Å². The minimum Gasteiger partial charge on any atom is -0.258 e. The van der Waals surface area contributed by atoms with Gasteiger partial charge in [-0.15, -0.1) is 0 Å². The third-order valence-corrected chi connectivity index (χ3v) is 1.98. The molecule has 0 bridgehead atoms. The van der Waals surface area contributed by atoms with Crippen molar-refractivity contribution in [3.8, 4) is 0 Å². The van der Waals surface area contributed by atoms with Gasteiger partial charge in [0, 0.05) is 13.1 Å². The molecule has 0 saturated heterocycles. The Bertz CT molecular complexity index is 66.2. The number of nitrogens with zero attached hydrogens (tertiary/aromatic N) is 1. The molecule has 8 heavy (non-hydrogen) atoms. The van der Waals surface area contributed by atoms with Crippen LogP contribution in [-0.2, 0) is 0 Å². The summed E-state index contributed by atoms with van der Waals surface area (Å²) in [7, 11) is 4.07. The van der Waals surface area contributed by atoms with E-state index >= 15 is 0 Å². The molecule has 1 aliphatic carbocycles. The summed E-state index contributed by atoms with van der Waals surface area (Å²) in [6.07, 6.45) is 4.16. The summed E-state index contributed by atoms with van der Waals surface area (Å²) in [6.45, 7) is 0. The molecule has 0 spiro atoms. The molecular weight excluding hydrogens is 100 g/mol. The van der Waals surface area contributed by atoms with Gasteiger partial charge in [-0.25, -0.2) is 5.01 Å². The lowest BCUT2D eigenvalue weighted by atomic mass is 9.93.